The van der Waals surface area contributed by atoms with Gasteiger partial charge in [-0.05, 0) is 57.7 Å². The second-order valence-electron chi connectivity index (χ2n) is 7.55. The molecule has 5 rings (SSSR count). The topological polar surface area (TPSA) is 108 Å². The summed E-state index contributed by atoms with van der Waals surface area (Å²) < 4.78 is 11.9. The lowest BCUT2D eigenvalue weighted by Gasteiger charge is -2.09. The van der Waals surface area contributed by atoms with E-state index in [9.17, 15) is 14.9 Å². The van der Waals surface area contributed by atoms with Crippen molar-refractivity contribution in [2.75, 3.05) is 11.9 Å². The number of non-ortho nitro benzene ring substituents is 1. The minimum atomic E-state index is -0.534. The molecule has 174 valence electrons. The summed E-state index contributed by atoms with van der Waals surface area (Å²) in [5, 5.41) is 16.2. The van der Waals surface area contributed by atoms with Gasteiger partial charge in [-0.25, -0.2) is 4.98 Å². The van der Waals surface area contributed by atoms with Crippen LogP contribution in [0.25, 0.3) is 33.3 Å². The van der Waals surface area contributed by atoms with Crippen LogP contribution in [0.1, 0.15) is 0 Å². The zero-order valence-corrected chi connectivity index (χ0v) is 20.2. The lowest BCUT2D eigenvalue weighted by Crippen LogP contribution is -2.20. The number of amides is 1. The van der Waals surface area contributed by atoms with Crippen LogP contribution in [0, 0.1) is 10.1 Å². The Morgan fingerprint density at radius 2 is 1.89 bits per heavy atom. The molecule has 0 spiro atoms. The Balaban J connectivity index is 1.34. The van der Waals surface area contributed by atoms with E-state index in [4.69, 9.17) is 20.8 Å². The number of anilines is 1. The van der Waals surface area contributed by atoms with Gasteiger partial charge in [-0.3, -0.25) is 14.9 Å². The molecule has 4 aromatic carbocycles. The maximum atomic E-state index is 12.4. The first kappa shape index (κ1) is 22.8. The fraction of sp³-hybridized carbons (Fsp3) is 0.0400. The van der Waals surface area contributed by atoms with Crippen molar-refractivity contribution in [2.24, 2.45) is 0 Å². The summed E-state index contributed by atoms with van der Waals surface area (Å²) in [5.41, 5.74) is 2.31. The Morgan fingerprint density at radius 3 is 2.71 bits per heavy atom. The maximum absolute atomic E-state index is 12.4. The van der Waals surface area contributed by atoms with Crippen LogP contribution in [0.15, 0.2) is 81.7 Å². The zero-order chi connectivity index (χ0) is 24.5. The van der Waals surface area contributed by atoms with E-state index in [0.29, 0.717) is 32.2 Å². The third-order valence-electron chi connectivity index (χ3n) is 5.25. The van der Waals surface area contributed by atoms with Gasteiger partial charge in [0.05, 0.1) is 15.5 Å². The number of halogens is 2. The highest BCUT2D eigenvalue weighted by molar-refractivity contribution is 9.10. The number of nitrogens with zero attached hydrogens (tertiary/aromatic N) is 2. The molecule has 1 heterocycles. The Hall–Kier alpha value is -3.95. The number of aromatic nitrogens is 1. The number of fused-ring (bicyclic) bond motifs is 2. The molecule has 0 aliphatic carbocycles. The van der Waals surface area contributed by atoms with Crippen LogP contribution in [0.2, 0.25) is 5.02 Å². The van der Waals surface area contributed by atoms with Gasteiger partial charge >= 0.3 is 0 Å². The maximum Gasteiger partial charge on any atom is 0.273 e. The second-order valence-corrected chi connectivity index (χ2v) is 8.81. The van der Waals surface area contributed by atoms with Crippen molar-refractivity contribution in [3.63, 3.8) is 0 Å². The SMILES string of the molecule is O=C(COc1cc([N+](=O)[O-])ccc1Br)Nc1ccc2oc(-c3cccc4c(Cl)cccc34)nc2c1. The fourth-order valence-corrected chi connectivity index (χ4v) is 4.23. The molecule has 1 amide bonds. The molecular weight excluding hydrogens is 538 g/mol. The van der Waals surface area contributed by atoms with Gasteiger partial charge in [0.2, 0.25) is 5.89 Å². The third kappa shape index (κ3) is 4.68. The van der Waals surface area contributed by atoms with Crippen molar-refractivity contribution in [1.29, 1.82) is 0 Å². The van der Waals surface area contributed by atoms with Gasteiger partial charge in [-0.15, -0.1) is 0 Å². The number of nitrogens with one attached hydrogen (secondary N) is 1. The normalized spacial score (nSPS) is 11.0. The summed E-state index contributed by atoms with van der Waals surface area (Å²) in [7, 11) is 0. The number of oxazole rings is 1. The van der Waals surface area contributed by atoms with Gasteiger partial charge in [0.25, 0.3) is 11.6 Å². The van der Waals surface area contributed by atoms with Gasteiger partial charge in [0.1, 0.15) is 11.3 Å². The minimum Gasteiger partial charge on any atom is -0.482 e. The largest absolute Gasteiger partial charge is 0.482 e. The monoisotopic (exact) mass is 551 g/mol. The molecule has 5 aromatic rings. The van der Waals surface area contributed by atoms with E-state index in [1.54, 1.807) is 18.2 Å². The number of rotatable bonds is 6. The molecule has 0 aliphatic rings. The van der Waals surface area contributed by atoms with Crippen LogP contribution in [0.3, 0.4) is 0 Å². The zero-order valence-electron chi connectivity index (χ0n) is 17.8. The molecule has 1 N–H and O–H groups in total. The van der Waals surface area contributed by atoms with E-state index in [1.165, 1.54) is 18.2 Å². The molecule has 0 fully saturated rings. The molecule has 1 aromatic heterocycles. The van der Waals surface area contributed by atoms with Gasteiger partial charge in [0, 0.05) is 27.7 Å². The van der Waals surface area contributed by atoms with Crippen molar-refractivity contribution in [3.05, 3.63) is 92.4 Å². The highest BCUT2D eigenvalue weighted by atomic mass is 79.9. The number of hydrogen-bond donors (Lipinski definition) is 1. The van der Waals surface area contributed by atoms with Gasteiger partial charge in [-0.1, -0.05) is 35.9 Å². The van der Waals surface area contributed by atoms with Gasteiger partial charge < -0.3 is 14.5 Å². The second kappa shape index (κ2) is 9.36. The van der Waals surface area contributed by atoms with Crippen molar-refractivity contribution in [3.8, 4) is 17.2 Å². The van der Waals surface area contributed by atoms with Crippen LogP contribution in [-0.2, 0) is 4.79 Å². The van der Waals surface area contributed by atoms with Crippen molar-refractivity contribution in [2.45, 2.75) is 0 Å². The molecule has 0 aliphatic heterocycles. The molecule has 0 saturated carbocycles. The standard InChI is InChI=1S/C25H15BrClN3O5/c26-19-9-8-15(30(32)33)12-23(19)34-13-24(31)28-14-7-10-22-21(11-14)29-25(35-22)18-5-1-4-17-16(18)3-2-6-20(17)27/h1-12H,13H2,(H,28,31). The smallest absolute Gasteiger partial charge is 0.273 e. The van der Waals surface area contributed by atoms with Crippen LogP contribution >= 0.6 is 27.5 Å². The fourth-order valence-electron chi connectivity index (χ4n) is 3.64. The van der Waals surface area contributed by atoms with E-state index in [2.05, 4.69) is 26.2 Å². The number of benzene rings is 4. The number of nitro benzene ring substituents is 1. The van der Waals surface area contributed by atoms with E-state index in [1.807, 2.05) is 36.4 Å². The molecule has 10 heteroatoms. The van der Waals surface area contributed by atoms with Crippen LogP contribution in [0.5, 0.6) is 5.75 Å². The van der Waals surface area contributed by atoms with Gasteiger partial charge in [0.15, 0.2) is 12.2 Å². The van der Waals surface area contributed by atoms with Crippen LogP contribution in [-0.4, -0.2) is 22.4 Å². The summed E-state index contributed by atoms with van der Waals surface area (Å²) in [4.78, 5) is 27.4. The van der Waals surface area contributed by atoms with E-state index in [0.717, 1.165) is 16.3 Å². The summed E-state index contributed by atoms with van der Waals surface area (Å²) >= 11 is 9.58. The molecule has 0 saturated heterocycles. The predicted molar refractivity (Wildman–Crippen MR) is 137 cm³/mol. The number of ether oxygens (including phenoxy) is 1. The first-order valence-electron chi connectivity index (χ1n) is 10.3. The molecule has 35 heavy (non-hydrogen) atoms. The number of nitro groups is 1. The summed E-state index contributed by atoms with van der Waals surface area (Å²) in [6, 6.07) is 20.6. The highest BCUT2D eigenvalue weighted by Crippen LogP contribution is 2.34. The predicted octanol–water partition coefficient (Wildman–Crippen LogP) is 6.99. The molecule has 0 unspecified atom stereocenters. The average Bonchev–Trinajstić information content (AvgIpc) is 3.26. The lowest BCUT2D eigenvalue weighted by molar-refractivity contribution is -0.385. The van der Waals surface area contributed by atoms with Crippen molar-refractivity contribution >= 4 is 66.7 Å². The molecule has 0 radical (unpaired) electrons. The highest BCUT2D eigenvalue weighted by Gasteiger charge is 2.15. The third-order valence-corrected chi connectivity index (χ3v) is 6.24. The summed E-state index contributed by atoms with van der Waals surface area (Å²) in [6.45, 7) is -0.335. The van der Waals surface area contributed by atoms with E-state index < -0.39 is 10.8 Å². The minimum absolute atomic E-state index is 0.135. The van der Waals surface area contributed by atoms with Crippen LogP contribution in [0.4, 0.5) is 11.4 Å². The first-order valence-corrected chi connectivity index (χ1v) is 11.5. The van der Waals surface area contributed by atoms with Crippen molar-refractivity contribution < 1.29 is 18.9 Å². The van der Waals surface area contributed by atoms with E-state index >= 15 is 0 Å². The summed E-state index contributed by atoms with van der Waals surface area (Å²) in [6.07, 6.45) is 0. The molecule has 0 bridgehead atoms. The number of hydrogen-bond acceptors (Lipinski definition) is 6. The van der Waals surface area contributed by atoms with Gasteiger partial charge in [-0.2, -0.15) is 0 Å². The average molecular weight is 553 g/mol. The molecule has 8 nitrogen and oxygen atoms in total. The Labute approximate surface area is 211 Å². The first-order chi connectivity index (χ1) is 16.9. The Bertz CT molecular complexity index is 1620. The Kier molecular flexibility index (Phi) is 6.10. The molecule has 0 atom stereocenters. The quantitative estimate of drug-likeness (QED) is 0.180. The lowest BCUT2D eigenvalue weighted by atomic mass is 10.0. The number of carbonyl (C=O) groups excluding carboxylic acids is 1. The summed E-state index contributed by atoms with van der Waals surface area (Å²) in [5.74, 6) is 0.200. The Morgan fingerprint density at radius 1 is 1.09 bits per heavy atom. The van der Waals surface area contributed by atoms with E-state index in [-0.39, 0.29) is 18.0 Å². The van der Waals surface area contributed by atoms with Crippen LogP contribution < -0.4 is 10.1 Å². The number of carbonyl (C=O) groups is 1. The van der Waals surface area contributed by atoms with Crippen molar-refractivity contribution in [1.82, 2.24) is 4.98 Å². The molecular formula is C25H15BrClN3O5.